The summed E-state index contributed by atoms with van der Waals surface area (Å²) >= 11 is 0. The van der Waals surface area contributed by atoms with Gasteiger partial charge in [0.05, 0.1) is 34.6 Å². The number of rotatable bonds is 5. The van der Waals surface area contributed by atoms with Crippen LogP contribution in [0.4, 0.5) is 23.4 Å². The standard InChI is InChI=1S/C21H23F4N3O4S/c1-12-8-19(28(26-12)14-4-3-5-14)27-11-15(10-17(27)20(29)32-2)33(30,31)18-7-6-13(22)9-16(18)21(23,24)25/h6-9,14-15,17H,3-5,10-11H2,1-2H3/t15-,17?/m1/s1. The topological polar surface area (TPSA) is 81.5 Å². The maximum absolute atomic E-state index is 13.5. The second-order valence-corrected chi connectivity index (χ2v) is 10.6. The lowest BCUT2D eigenvalue weighted by Crippen LogP contribution is -2.39. The predicted octanol–water partition coefficient (Wildman–Crippen LogP) is 3.67. The Kier molecular flexibility index (Phi) is 5.92. The number of sulfone groups is 1. The summed E-state index contributed by atoms with van der Waals surface area (Å²) in [6.45, 7) is 1.54. The van der Waals surface area contributed by atoms with E-state index in [9.17, 15) is 30.8 Å². The number of benzene rings is 1. The molecule has 0 bridgehead atoms. The van der Waals surface area contributed by atoms with Crippen LogP contribution in [-0.4, -0.2) is 49.1 Å². The lowest BCUT2D eigenvalue weighted by molar-refractivity contribution is -0.142. The third-order valence-electron chi connectivity index (χ3n) is 6.28. The van der Waals surface area contributed by atoms with Crippen LogP contribution in [0.5, 0.6) is 0 Å². The summed E-state index contributed by atoms with van der Waals surface area (Å²) in [6, 6.07) is 2.30. The SMILES string of the molecule is COC(=O)C1C[C@@H](S(=O)(=O)c2ccc(F)cc2C(F)(F)F)CN1c1cc(C)nn1C1CCC1. The fourth-order valence-corrected chi connectivity index (χ4v) is 6.29. The number of esters is 1. The first kappa shape index (κ1) is 23.5. The minimum absolute atomic E-state index is 0.108. The van der Waals surface area contributed by atoms with E-state index in [1.807, 2.05) is 0 Å². The first-order chi connectivity index (χ1) is 15.4. The summed E-state index contributed by atoms with van der Waals surface area (Å²) < 4.78 is 87.3. The van der Waals surface area contributed by atoms with Gasteiger partial charge in [0.1, 0.15) is 17.7 Å². The molecule has 7 nitrogen and oxygen atoms in total. The summed E-state index contributed by atoms with van der Waals surface area (Å²) in [5.41, 5.74) is -0.893. The third kappa shape index (κ3) is 4.20. The fourth-order valence-electron chi connectivity index (χ4n) is 4.40. The van der Waals surface area contributed by atoms with Crippen LogP contribution in [0, 0.1) is 12.7 Å². The van der Waals surface area contributed by atoms with Gasteiger partial charge >= 0.3 is 12.1 Å². The number of ether oxygens (including phenoxy) is 1. The number of aryl methyl sites for hydroxylation is 1. The molecule has 1 unspecified atom stereocenters. The number of nitrogens with zero attached hydrogens (tertiary/aromatic N) is 3. The van der Waals surface area contributed by atoms with Crippen molar-refractivity contribution in [2.75, 3.05) is 18.6 Å². The van der Waals surface area contributed by atoms with Gasteiger partial charge in [-0.1, -0.05) is 0 Å². The number of hydrogen-bond acceptors (Lipinski definition) is 6. The third-order valence-corrected chi connectivity index (χ3v) is 8.47. The van der Waals surface area contributed by atoms with Gasteiger partial charge in [-0.15, -0.1) is 0 Å². The van der Waals surface area contributed by atoms with Gasteiger partial charge in [0, 0.05) is 12.6 Å². The number of halogens is 4. The number of hydrogen-bond donors (Lipinski definition) is 0. The van der Waals surface area contributed by atoms with Crippen LogP contribution in [-0.2, 0) is 25.5 Å². The number of methoxy groups -OCH3 is 1. The molecular formula is C21H23F4N3O4S. The average Bonchev–Trinajstić information content (AvgIpc) is 3.29. The van der Waals surface area contributed by atoms with Gasteiger partial charge in [0.15, 0.2) is 9.84 Å². The van der Waals surface area contributed by atoms with Gasteiger partial charge in [-0.2, -0.15) is 18.3 Å². The summed E-state index contributed by atoms with van der Waals surface area (Å²) in [5, 5.41) is 3.15. The predicted molar refractivity (Wildman–Crippen MR) is 110 cm³/mol. The Balaban J connectivity index is 1.75. The van der Waals surface area contributed by atoms with E-state index in [0.717, 1.165) is 19.3 Å². The zero-order valence-electron chi connectivity index (χ0n) is 18.0. The number of alkyl halides is 3. The van der Waals surface area contributed by atoms with E-state index >= 15 is 0 Å². The Bertz CT molecular complexity index is 1170. The highest BCUT2D eigenvalue weighted by atomic mass is 32.2. The first-order valence-electron chi connectivity index (χ1n) is 10.4. The molecule has 1 saturated carbocycles. The number of carbonyl (C=O) groups is 1. The fraction of sp³-hybridized carbons (Fsp3) is 0.524. The molecule has 1 aromatic heterocycles. The molecule has 2 fully saturated rings. The molecule has 4 rings (SSSR count). The molecule has 0 radical (unpaired) electrons. The van der Waals surface area contributed by atoms with Crippen LogP contribution in [0.2, 0.25) is 0 Å². The van der Waals surface area contributed by atoms with Gasteiger partial charge in [0.2, 0.25) is 0 Å². The van der Waals surface area contributed by atoms with Crippen molar-refractivity contribution in [1.29, 1.82) is 0 Å². The van der Waals surface area contributed by atoms with Crippen molar-refractivity contribution in [1.82, 2.24) is 9.78 Å². The number of carbonyl (C=O) groups excluding carboxylic acids is 1. The zero-order chi connectivity index (χ0) is 24.1. The van der Waals surface area contributed by atoms with E-state index in [-0.39, 0.29) is 25.1 Å². The highest BCUT2D eigenvalue weighted by Crippen LogP contribution is 2.41. The van der Waals surface area contributed by atoms with Gasteiger partial charge in [-0.3, -0.25) is 0 Å². The van der Waals surface area contributed by atoms with Crippen molar-refractivity contribution in [3.8, 4) is 0 Å². The first-order valence-corrected chi connectivity index (χ1v) is 12.0. The molecule has 33 heavy (non-hydrogen) atoms. The van der Waals surface area contributed by atoms with E-state index in [0.29, 0.717) is 23.6 Å². The van der Waals surface area contributed by atoms with Crippen LogP contribution >= 0.6 is 0 Å². The lowest BCUT2D eigenvalue weighted by atomic mass is 9.93. The van der Waals surface area contributed by atoms with Crippen molar-refractivity contribution in [2.24, 2.45) is 0 Å². The second kappa shape index (κ2) is 8.30. The van der Waals surface area contributed by atoms with Crippen molar-refractivity contribution >= 4 is 21.6 Å². The normalized spacial score (nSPS) is 21.8. The minimum Gasteiger partial charge on any atom is -0.467 e. The van der Waals surface area contributed by atoms with Crippen LogP contribution in [0.15, 0.2) is 29.2 Å². The minimum atomic E-state index is -5.06. The van der Waals surface area contributed by atoms with Crippen molar-refractivity contribution < 1.29 is 35.5 Å². The van der Waals surface area contributed by atoms with E-state index < -0.39 is 49.6 Å². The second-order valence-electron chi connectivity index (χ2n) is 8.41. The Hall–Kier alpha value is -2.63. The van der Waals surface area contributed by atoms with Crippen LogP contribution < -0.4 is 4.90 Å². The molecule has 1 aliphatic heterocycles. The van der Waals surface area contributed by atoms with Gasteiger partial charge < -0.3 is 9.64 Å². The molecule has 2 aromatic rings. The molecule has 0 spiro atoms. The Labute approximate surface area is 188 Å². The Morgan fingerprint density at radius 1 is 1.21 bits per heavy atom. The highest BCUT2D eigenvalue weighted by molar-refractivity contribution is 7.92. The van der Waals surface area contributed by atoms with E-state index in [4.69, 9.17) is 4.74 Å². The smallest absolute Gasteiger partial charge is 0.417 e. The summed E-state index contributed by atoms with van der Waals surface area (Å²) in [7, 11) is -3.40. The molecule has 2 heterocycles. The molecule has 0 N–H and O–H groups in total. The van der Waals surface area contributed by atoms with E-state index in [2.05, 4.69) is 5.10 Å². The summed E-state index contributed by atoms with van der Waals surface area (Å²) in [5.74, 6) is -1.36. The lowest BCUT2D eigenvalue weighted by Gasteiger charge is -2.32. The maximum atomic E-state index is 13.5. The van der Waals surface area contributed by atoms with E-state index in [1.165, 1.54) is 7.11 Å². The summed E-state index contributed by atoms with van der Waals surface area (Å²) in [6.07, 6.45) is -2.54. The molecule has 2 atom stereocenters. The molecular weight excluding hydrogens is 466 g/mol. The van der Waals surface area contributed by atoms with Gasteiger partial charge in [-0.25, -0.2) is 22.3 Å². The van der Waals surface area contributed by atoms with Crippen LogP contribution in [0.3, 0.4) is 0 Å². The van der Waals surface area contributed by atoms with E-state index in [1.54, 1.807) is 22.6 Å². The Morgan fingerprint density at radius 3 is 2.48 bits per heavy atom. The van der Waals surface area contributed by atoms with Crippen LogP contribution in [0.25, 0.3) is 0 Å². The highest BCUT2D eigenvalue weighted by Gasteiger charge is 2.48. The van der Waals surface area contributed by atoms with Gasteiger partial charge in [-0.05, 0) is 50.8 Å². The largest absolute Gasteiger partial charge is 0.467 e. The number of aromatic nitrogens is 2. The molecule has 0 amide bonds. The van der Waals surface area contributed by atoms with Crippen molar-refractivity contribution in [2.45, 2.75) is 61.0 Å². The van der Waals surface area contributed by atoms with Crippen molar-refractivity contribution in [3.63, 3.8) is 0 Å². The molecule has 2 aliphatic rings. The van der Waals surface area contributed by atoms with Gasteiger partial charge in [0.25, 0.3) is 0 Å². The number of anilines is 1. The molecule has 12 heteroatoms. The van der Waals surface area contributed by atoms with Crippen molar-refractivity contribution in [3.05, 3.63) is 41.3 Å². The molecule has 1 saturated heterocycles. The maximum Gasteiger partial charge on any atom is 0.417 e. The molecule has 1 aliphatic carbocycles. The zero-order valence-corrected chi connectivity index (χ0v) is 18.8. The summed E-state index contributed by atoms with van der Waals surface area (Å²) in [4.78, 5) is 13.1. The monoisotopic (exact) mass is 489 g/mol. The molecule has 180 valence electrons. The Morgan fingerprint density at radius 2 is 1.91 bits per heavy atom. The average molecular weight is 489 g/mol. The van der Waals surface area contributed by atoms with Crippen LogP contribution in [0.1, 0.15) is 43.0 Å². The molecule has 1 aromatic carbocycles. The quantitative estimate of drug-likeness (QED) is 0.362.